The Hall–Kier alpha value is -2.07. The SMILES string of the molecule is CC(c1ccccc1Cl)n1cc(C(=O)O)ccc1=O. The van der Waals surface area contributed by atoms with Gasteiger partial charge in [0.1, 0.15) is 0 Å². The Bertz CT molecular complexity index is 678. The van der Waals surface area contributed by atoms with Crippen LogP contribution in [0.1, 0.15) is 28.9 Å². The van der Waals surface area contributed by atoms with Crippen LogP contribution < -0.4 is 5.56 Å². The first-order chi connectivity index (χ1) is 9.00. The van der Waals surface area contributed by atoms with Crippen LogP contribution in [0.15, 0.2) is 47.4 Å². The van der Waals surface area contributed by atoms with Crippen molar-refractivity contribution >= 4 is 17.6 Å². The molecule has 0 radical (unpaired) electrons. The summed E-state index contributed by atoms with van der Waals surface area (Å²) in [6.45, 7) is 1.80. The fourth-order valence-electron chi connectivity index (χ4n) is 1.90. The number of nitrogens with zero attached hydrogens (tertiary/aromatic N) is 1. The summed E-state index contributed by atoms with van der Waals surface area (Å²) in [5.74, 6) is -1.07. The molecule has 19 heavy (non-hydrogen) atoms. The summed E-state index contributed by atoms with van der Waals surface area (Å²) in [6.07, 6.45) is 1.33. The number of carbonyl (C=O) groups is 1. The molecular formula is C14H12ClNO3. The molecule has 1 atom stereocenters. The van der Waals surface area contributed by atoms with Crippen molar-refractivity contribution in [2.75, 3.05) is 0 Å². The Morgan fingerprint density at radius 2 is 1.95 bits per heavy atom. The molecule has 5 heteroatoms. The lowest BCUT2D eigenvalue weighted by molar-refractivity contribution is 0.0695. The zero-order chi connectivity index (χ0) is 14.0. The third-order valence-corrected chi connectivity index (χ3v) is 3.30. The zero-order valence-electron chi connectivity index (χ0n) is 10.2. The molecule has 0 saturated carbocycles. The van der Waals surface area contributed by atoms with Gasteiger partial charge in [-0.3, -0.25) is 4.79 Å². The summed E-state index contributed by atoms with van der Waals surface area (Å²) in [5.41, 5.74) is 0.574. The molecule has 0 saturated heterocycles. The molecule has 4 nitrogen and oxygen atoms in total. The number of benzene rings is 1. The average Bonchev–Trinajstić information content (AvgIpc) is 2.38. The van der Waals surface area contributed by atoms with Crippen molar-refractivity contribution in [1.29, 1.82) is 0 Å². The van der Waals surface area contributed by atoms with Crippen molar-refractivity contribution < 1.29 is 9.90 Å². The first-order valence-corrected chi connectivity index (χ1v) is 6.08. The van der Waals surface area contributed by atoms with Gasteiger partial charge in [0.25, 0.3) is 5.56 Å². The van der Waals surface area contributed by atoms with Crippen LogP contribution in [-0.4, -0.2) is 15.6 Å². The van der Waals surface area contributed by atoms with E-state index < -0.39 is 5.97 Å². The van der Waals surface area contributed by atoms with E-state index in [0.717, 1.165) is 5.56 Å². The van der Waals surface area contributed by atoms with Gasteiger partial charge in [0.05, 0.1) is 11.6 Å². The summed E-state index contributed by atoms with van der Waals surface area (Å²) in [6, 6.07) is 9.38. The van der Waals surface area contributed by atoms with Gasteiger partial charge < -0.3 is 9.67 Å². The Labute approximate surface area is 114 Å². The quantitative estimate of drug-likeness (QED) is 0.938. The number of aromatic carboxylic acids is 1. The van der Waals surface area contributed by atoms with Gasteiger partial charge in [-0.05, 0) is 24.6 Å². The van der Waals surface area contributed by atoms with E-state index in [-0.39, 0.29) is 17.2 Å². The Morgan fingerprint density at radius 3 is 2.58 bits per heavy atom. The highest BCUT2D eigenvalue weighted by Gasteiger charge is 2.14. The van der Waals surface area contributed by atoms with Crippen molar-refractivity contribution in [2.45, 2.75) is 13.0 Å². The molecule has 0 aliphatic heterocycles. The smallest absolute Gasteiger partial charge is 0.337 e. The van der Waals surface area contributed by atoms with Gasteiger partial charge >= 0.3 is 5.97 Å². The molecule has 1 aromatic heterocycles. The third-order valence-electron chi connectivity index (χ3n) is 2.96. The molecule has 1 N–H and O–H groups in total. The van der Waals surface area contributed by atoms with Crippen LogP contribution in [0.2, 0.25) is 5.02 Å². The number of carboxylic acids is 1. The first kappa shape index (κ1) is 13.4. The van der Waals surface area contributed by atoms with E-state index in [4.69, 9.17) is 16.7 Å². The first-order valence-electron chi connectivity index (χ1n) is 5.70. The maximum atomic E-state index is 11.8. The largest absolute Gasteiger partial charge is 0.478 e. The van der Waals surface area contributed by atoms with Gasteiger partial charge in [0, 0.05) is 17.3 Å². The van der Waals surface area contributed by atoms with E-state index in [1.165, 1.54) is 22.9 Å². The van der Waals surface area contributed by atoms with E-state index in [1.807, 2.05) is 12.1 Å². The summed E-state index contributed by atoms with van der Waals surface area (Å²) >= 11 is 6.09. The number of halogens is 1. The second-order valence-electron chi connectivity index (χ2n) is 4.17. The van der Waals surface area contributed by atoms with Crippen LogP contribution in [0, 0.1) is 0 Å². The van der Waals surface area contributed by atoms with Gasteiger partial charge in [-0.15, -0.1) is 0 Å². The number of pyridine rings is 1. The van der Waals surface area contributed by atoms with E-state index in [9.17, 15) is 9.59 Å². The maximum absolute atomic E-state index is 11.8. The second kappa shape index (κ2) is 5.28. The van der Waals surface area contributed by atoms with E-state index in [2.05, 4.69) is 0 Å². The third kappa shape index (κ3) is 2.69. The van der Waals surface area contributed by atoms with Gasteiger partial charge in [-0.2, -0.15) is 0 Å². The minimum Gasteiger partial charge on any atom is -0.478 e. The van der Waals surface area contributed by atoms with Crippen LogP contribution in [0.3, 0.4) is 0 Å². The van der Waals surface area contributed by atoms with Crippen LogP contribution in [0.25, 0.3) is 0 Å². The molecule has 2 rings (SSSR count). The maximum Gasteiger partial charge on any atom is 0.337 e. The highest BCUT2D eigenvalue weighted by Crippen LogP contribution is 2.24. The highest BCUT2D eigenvalue weighted by molar-refractivity contribution is 6.31. The Balaban J connectivity index is 2.53. The van der Waals surface area contributed by atoms with E-state index in [1.54, 1.807) is 19.1 Å². The minimum absolute atomic E-state index is 0.0681. The zero-order valence-corrected chi connectivity index (χ0v) is 11.0. The lowest BCUT2D eigenvalue weighted by atomic mass is 10.1. The monoisotopic (exact) mass is 277 g/mol. The molecule has 0 amide bonds. The van der Waals surface area contributed by atoms with Gasteiger partial charge in [0.2, 0.25) is 0 Å². The van der Waals surface area contributed by atoms with Crippen molar-refractivity contribution in [3.8, 4) is 0 Å². The molecule has 0 fully saturated rings. The number of hydrogen-bond acceptors (Lipinski definition) is 2. The standard InChI is InChI=1S/C14H12ClNO3/c1-9(11-4-2-3-5-12(11)15)16-8-10(14(18)19)6-7-13(16)17/h2-9H,1H3,(H,18,19). The second-order valence-corrected chi connectivity index (χ2v) is 4.57. The normalized spacial score (nSPS) is 12.1. The number of hydrogen-bond donors (Lipinski definition) is 1. The lowest BCUT2D eigenvalue weighted by Gasteiger charge is -2.17. The van der Waals surface area contributed by atoms with Gasteiger partial charge in [0.15, 0.2) is 0 Å². The lowest BCUT2D eigenvalue weighted by Crippen LogP contribution is -2.24. The summed E-state index contributed by atoms with van der Waals surface area (Å²) in [7, 11) is 0. The van der Waals surface area contributed by atoms with Crippen LogP contribution in [0.5, 0.6) is 0 Å². The van der Waals surface area contributed by atoms with Crippen LogP contribution in [0.4, 0.5) is 0 Å². The summed E-state index contributed by atoms with van der Waals surface area (Å²) in [5, 5.41) is 9.51. The van der Waals surface area contributed by atoms with E-state index in [0.29, 0.717) is 5.02 Å². The molecular weight excluding hydrogens is 266 g/mol. The molecule has 0 spiro atoms. The summed E-state index contributed by atoms with van der Waals surface area (Å²) in [4.78, 5) is 22.8. The average molecular weight is 278 g/mol. The van der Waals surface area contributed by atoms with Crippen LogP contribution in [-0.2, 0) is 0 Å². The predicted molar refractivity (Wildman–Crippen MR) is 72.9 cm³/mol. The van der Waals surface area contributed by atoms with Crippen molar-refractivity contribution in [2.24, 2.45) is 0 Å². The van der Waals surface area contributed by atoms with Gasteiger partial charge in [-0.1, -0.05) is 29.8 Å². The molecule has 98 valence electrons. The molecule has 0 aliphatic carbocycles. The Morgan fingerprint density at radius 1 is 1.26 bits per heavy atom. The van der Waals surface area contributed by atoms with E-state index >= 15 is 0 Å². The fourth-order valence-corrected chi connectivity index (χ4v) is 2.19. The van der Waals surface area contributed by atoms with Crippen molar-refractivity contribution in [1.82, 2.24) is 4.57 Å². The minimum atomic E-state index is -1.07. The predicted octanol–water partition coefficient (Wildman–Crippen LogP) is 2.81. The molecule has 1 aromatic carbocycles. The van der Waals surface area contributed by atoms with Gasteiger partial charge in [-0.25, -0.2) is 4.79 Å². The molecule has 1 heterocycles. The molecule has 2 aromatic rings. The number of aromatic nitrogens is 1. The van der Waals surface area contributed by atoms with Crippen LogP contribution >= 0.6 is 11.6 Å². The molecule has 1 unspecified atom stereocenters. The molecule has 0 aliphatic rings. The van der Waals surface area contributed by atoms with Crippen molar-refractivity contribution in [3.63, 3.8) is 0 Å². The summed E-state index contributed by atoms with van der Waals surface area (Å²) < 4.78 is 1.37. The topological polar surface area (TPSA) is 59.3 Å². The number of rotatable bonds is 3. The highest BCUT2D eigenvalue weighted by atomic mass is 35.5. The fraction of sp³-hybridized carbons (Fsp3) is 0.143. The Kier molecular flexibility index (Phi) is 3.71. The number of carboxylic acid groups (broad SMARTS) is 1. The molecule has 0 bridgehead atoms. The van der Waals surface area contributed by atoms with Crippen molar-refractivity contribution in [3.05, 3.63) is 69.1 Å².